The van der Waals surface area contributed by atoms with Crippen LogP contribution in [0.4, 0.5) is 14.5 Å². The van der Waals surface area contributed by atoms with Gasteiger partial charge in [-0.1, -0.05) is 12.1 Å². The Balaban J connectivity index is 1.86. The molecule has 0 saturated carbocycles. The van der Waals surface area contributed by atoms with Crippen molar-refractivity contribution >= 4 is 17.5 Å². The molecular formula is C17H14F2N6. The number of imidazole rings is 1. The Hall–Kier alpha value is -3.42. The molecule has 0 atom stereocenters. The van der Waals surface area contributed by atoms with E-state index in [0.29, 0.717) is 28.6 Å². The first-order valence-corrected chi connectivity index (χ1v) is 7.31. The molecule has 0 fully saturated rings. The molecular weight excluding hydrogens is 326 g/mol. The molecule has 0 radical (unpaired) electrons. The zero-order valence-electron chi connectivity index (χ0n) is 12.9. The lowest BCUT2D eigenvalue weighted by molar-refractivity contribution is 0.226. The minimum absolute atomic E-state index is 0.351. The van der Waals surface area contributed by atoms with Gasteiger partial charge in [0.2, 0.25) is 0 Å². The maximum Gasteiger partial charge on any atom is 0.279 e. The second kappa shape index (κ2) is 7.00. The number of hydrogen-bond acceptors (Lipinski definition) is 5. The van der Waals surface area contributed by atoms with E-state index >= 15 is 0 Å². The molecule has 1 aromatic carbocycles. The number of nitrogens with zero attached hydrogens (tertiary/aromatic N) is 3. The van der Waals surface area contributed by atoms with E-state index in [1.165, 1.54) is 18.6 Å². The van der Waals surface area contributed by atoms with Crippen LogP contribution >= 0.6 is 0 Å². The van der Waals surface area contributed by atoms with Crippen molar-refractivity contribution in [3.63, 3.8) is 0 Å². The fourth-order valence-electron chi connectivity index (χ4n) is 2.15. The fourth-order valence-corrected chi connectivity index (χ4v) is 2.15. The molecule has 0 bridgehead atoms. The summed E-state index contributed by atoms with van der Waals surface area (Å²) in [6, 6.07) is 9.10. The van der Waals surface area contributed by atoms with Gasteiger partial charge in [-0.05, 0) is 30.4 Å². The van der Waals surface area contributed by atoms with Crippen molar-refractivity contribution in [3.05, 3.63) is 54.8 Å². The molecule has 0 spiro atoms. The van der Waals surface area contributed by atoms with Gasteiger partial charge < -0.3 is 10.7 Å². The van der Waals surface area contributed by atoms with Gasteiger partial charge in [-0.25, -0.2) is 23.7 Å². The van der Waals surface area contributed by atoms with Gasteiger partial charge in [-0.2, -0.15) is 0 Å². The summed E-state index contributed by atoms with van der Waals surface area (Å²) in [4.78, 5) is 15.5. The highest BCUT2D eigenvalue weighted by atomic mass is 19.3. The molecule has 0 aliphatic carbocycles. The minimum atomic E-state index is -2.81. The summed E-state index contributed by atoms with van der Waals surface area (Å²) < 4.78 is 24.6. The number of anilines is 1. The number of nitrogens with two attached hydrogens (primary N) is 1. The molecule has 3 rings (SSSR count). The second-order valence-electron chi connectivity index (χ2n) is 5.19. The van der Waals surface area contributed by atoms with Gasteiger partial charge in [0.05, 0.1) is 29.0 Å². The number of alkyl halides is 2. The number of allylic oxidation sites excluding steroid dienone is 1. The largest absolute Gasteiger partial charge is 0.399 e. The molecule has 126 valence electrons. The van der Waals surface area contributed by atoms with Crippen molar-refractivity contribution < 1.29 is 8.78 Å². The van der Waals surface area contributed by atoms with Crippen molar-refractivity contribution in [2.24, 2.45) is 0 Å². The van der Waals surface area contributed by atoms with Crippen LogP contribution in [0.25, 0.3) is 28.7 Å². The molecule has 3 aromatic rings. The Morgan fingerprint density at radius 2 is 1.96 bits per heavy atom. The quantitative estimate of drug-likeness (QED) is 0.489. The number of hydrogen-bond donors (Lipinski definition) is 3. The molecule has 0 aliphatic rings. The topological polar surface area (TPSA) is 104 Å². The van der Waals surface area contributed by atoms with Crippen LogP contribution in [0, 0.1) is 5.41 Å². The van der Waals surface area contributed by atoms with E-state index in [4.69, 9.17) is 11.1 Å². The number of aromatic nitrogens is 4. The lowest BCUT2D eigenvalue weighted by atomic mass is 10.1. The van der Waals surface area contributed by atoms with E-state index in [-0.39, 0.29) is 0 Å². The van der Waals surface area contributed by atoms with Crippen molar-refractivity contribution in [3.8, 4) is 22.6 Å². The van der Waals surface area contributed by atoms with Crippen molar-refractivity contribution in [1.82, 2.24) is 19.9 Å². The predicted molar refractivity (Wildman–Crippen MR) is 92.2 cm³/mol. The Bertz CT molecular complexity index is 932. The average molecular weight is 340 g/mol. The van der Waals surface area contributed by atoms with Crippen molar-refractivity contribution in [1.29, 1.82) is 5.41 Å². The third kappa shape index (κ3) is 3.92. The third-order valence-corrected chi connectivity index (χ3v) is 3.38. The minimum Gasteiger partial charge on any atom is -0.399 e. The fraction of sp³-hybridized carbons (Fsp3) is 0.0588. The van der Waals surface area contributed by atoms with Crippen LogP contribution in [0.2, 0.25) is 0 Å². The maximum atomic E-state index is 12.3. The van der Waals surface area contributed by atoms with Crippen LogP contribution < -0.4 is 5.73 Å². The molecule has 6 nitrogen and oxygen atoms in total. The highest BCUT2D eigenvalue weighted by molar-refractivity contribution is 5.97. The van der Waals surface area contributed by atoms with Crippen LogP contribution in [0.15, 0.2) is 48.9 Å². The summed E-state index contributed by atoms with van der Waals surface area (Å²) in [7, 11) is 0. The van der Waals surface area contributed by atoms with E-state index in [1.54, 1.807) is 12.1 Å². The molecule has 0 aliphatic heterocycles. The first kappa shape index (κ1) is 16.4. The van der Waals surface area contributed by atoms with Gasteiger partial charge in [0.15, 0.2) is 0 Å². The number of halogens is 2. The predicted octanol–water partition coefficient (Wildman–Crippen LogP) is 3.41. The number of rotatable bonds is 5. The molecule has 8 heteroatoms. The molecule has 0 saturated heterocycles. The van der Waals surface area contributed by atoms with Crippen LogP contribution in [-0.2, 0) is 0 Å². The van der Waals surface area contributed by atoms with E-state index in [1.807, 2.05) is 18.2 Å². The van der Waals surface area contributed by atoms with E-state index in [2.05, 4.69) is 19.9 Å². The Morgan fingerprint density at radius 3 is 2.72 bits per heavy atom. The molecule has 0 amide bonds. The monoisotopic (exact) mass is 340 g/mol. The Morgan fingerprint density at radius 1 is 1.16 bits per heavy atom. The Kier molecular flexibility index (Phi) is 4.60. The van der Waals surface area contributed by atoms with E-state index in [9.17, 15) is 8.78 Å². The van der Waals surface area contributed by atoms with Crippen molar-refractivity contribution in [2.45, 2.75) is 6.43 Å². The third-order valence-electron chi connectivity index (χ3n) is 3.38. The van der Waals surface area contributed by atoms with Crippen LogP contribution in [-0.4, -0.2) is 32.1 Å². The smallest absolute Gasteiger partial charge is 0.279 e. The SMILES string of the molecule is N=C(/C=C\c1ncc(-c2cc(-c3cccc(N)c3)ncn2)[nH]1)C(F)F. The number of benzene rings is 1. The normalized spacial score (nSPS) is 11.3. The zero-order valence-corrected chi connectivity index (χ0v) is 12.9. The van der Waals surface area contributed by atoms with Gasteiger partial charge in [-0.15, -0.1) is 0 Å². The van der Waals surface area contributed by atoms with Gasteiger partial charge in [0.1, 0.15) is 12.2 Å². The lowest BCUT2D eigenvalue weighted by Gasteiger charge is -2.03. The average Bonchev–Trinajstić information content (AvgIpc) is 3.09. The number of nitrogen functional groups attached to an aromatic ring is 1. The number of nitrogens with one attached hydrogen (secondary N) is 2. The number of H-pyrrole nitrogens is 1. The van der Waals surface area contributed by atoms with Crippen molar-refractivity contribution in [2.75, 3.05) is 5.73 Å². The zero-order chi connectivity index (χ0) is 17.8. The van der Waals surface area contributed by atoms with Crippen LogP contribution in [0.5, 0.6) is 0 Å². The van der Waals surface area contributed by atoms with E-state index in [0.717, 1.165) is 11.6 Å². The molecule has 2 aromatic heterocycles. The van der Waals surface area contributed by atoms with Gasteiger partial charge in [0, 0.05) is 11.3 Å². The maximum absolute atomic E-state index is 12.3. The van der Waals surface area contributed by atoms with Gasteiger partial charge >= 0.3 is 0 Å². The molecule has 0 unspecified atom stereocenters. The summed E-state index contributed by atoms with van der Waals surface area (Å²) in [6.07, 6.45) is 2.48. The molecule has 4 N–H and O–H groups in total. The van der Waals surface area contributed by atoms with Crippen LogP contribution in [0.3, 0.4) is 0 Å². The van der Waals surface area contributed by atoms with Gasteiger partial charge in [-0.3, -0.25) is 5.41 Å². The second-order valence-corrected chi connectivity index (χ2v) is 5.19. The van der Waals surface area contributed by atoms with E-state index < -0.39 is 12.1 Å². The summed E-state index contributed by atoms with van der Waals surface area (Å²) in [5.41, 5.74) is 8.41. The highest BCUT2D eigenvalue weighted by Crippen LogP contribution is 2.23. The summed E-state index contributed by atoms with van der Waals surface area (Å²) in [5, 5.41) is 7.09. The van der Waals surface area contributed by atoms with Gasteiger partial charge in [0.25, 0.3) is 6.43 Å². The number of aromatic amines is 1. The summed E-state index contributed by atoms with van der Waals surface area (Å²) in [5.74, 6) is 0.351. The standard InChI is InChI=1S/C17H14F2N6/c18-17(19)12(21)4-5-16-22-8-15(25-16)14-7-13(23-9-24-14)10-2-1-3-11(20)6-10/h1-9,17,21H,20H2,(H,22,25)/b5-4-,21-12?. The summed E-state index contributed by atoms with van der Waals surface area (Å²) in [6.45, 7) is 0. The highest BCUT2D eigenvalue weighted by Gasteiger charge is 2.09. The Labute approximate surface area is 142 Å². The molecule has 2 heterocycles. The van der Waals surface area contributed by atoms with Crippen LogP contribution in [0.1, 0.15) is 5.82 Å². The summed E-state index contributed by atoms with van der Waals surface area (Å²) >= 11 is 0. The molecule has 25 heavy (non-hydrogen) atoms. The lowest BCUT2D eigenvalue weighted by Crippen LogP contribution is -2.03. The first-order chi connectivity index (χ1) is 12.0. The first-order valence-electron chi connectivity index (χ1n) is 7.31.